The third-order valence-electron chi connectivity index (χ3n) is 5.05. The molecule has 4 rings (SSSR count). The monoisotopic (exact) mass is 455 g/mol. The Balaban J connectivity index is 0.000000286. The second kappa shape index (κ2) is 9.95. The lowest BCUT2D eigenvalue weighted by atomic mass is 10.1. The van der Waals surface area contributed by atoms with Crippen molar-refractivity contribution in [1.29, 1.82) is 0 Å². The van der Waals surface area contributed by atoms with Crippen molar-refractivity contribution in [2.45, 2.75) is 12.8 Å². The maximum absolute atomic E-state index is 14.2. The maximum Gasteiger partial charge on any atom is 0.255 e. The fourth-order valence-corrected chi connectivity index (χ4v) is 3.38. The Morgan fingerprint density at radius 3 is 2.58 bits per heavy atom. The molecule has 0 atom stereocenters. The molecule has 1 saturated heterocycles. The molecule has 1 fully saturated rings. The molecular weight excluding hydrogens is 432 g/mol. The van der Waals surface area contributed by atoms with Gasteiger partial charge in [-0.25, -0.2) is 13.8 Å². The van der Waals surface area contributed by atoms with E-state index in [4.69, 9.17) is 5.73 Å². The topological polar surface area (TPSA) is 122 Å². The smallest absolute Gasteiger partial charge is 0.255 e. The largest absolute Gasteiger partial charge is 0.371 e. The number of H-pyrrole nitrogens is 1. The number of carbonyl (C=O) groups excluding carboxylic acids is 2. The number of nitrogens with zero attached hydrogens (tertiary/aromatic N) is 4. The molecule has 0 spiro atoms. The summed E-state index contributed by atoms with van der Waals surface area (Å²) < 4.78 is 29.7. The second-order valence-electron chi connectivity index (χ2n) is 7.20. The molecule has 0 radical (unpaired) electrons. The molecular formula is C22H23F2N7O2. The van der Waals surface area contributed by atoms with E-state index >= 15 is 0 Å². The van der Waals surface area contributed by atoms with Crippen LogP contribution in [0.25, 0.3) is 11.0 Å². The molecule has 4 N–H and O–H groups in total. The lowest BCUT2D eigenvalue weighted by molar-refractivity contribution is -0.124. The van der Waals surface area contributed by atoms with Crippen molar-refractivity contribution in [2.24, 2.45) is 12.8 Å². The fraction of sp³-hybridized carbons (Fsp3) is 0.273. The Morgan fingerprint density at radius 1 is 1.27 bits per heavy atom. The van der Waals surface area contributed by atoms with Crippen LogP contribution in [0.5, 0.6) is 0 Å². The van der Waals surface area contributed by atoms with Gasteiger partial charge >= 0.3 is 0 Å². The van der Waals surface area contributed by atoms with Gasteiger partial charge in [0.05, 0.1) is 17.4 Å². The minimum Gasteiger partial charge on any atom is -0.371 e. The number of imidazole rings is 1. The van der Waals surface area contributed by atoms with Gasteiger partial charge in [0.25, 0.3) is 5.91 Å². The molecule has 0 unspecified atom stereocenters. The summed E-state index contributed by atoms with van der Waals surface area (Å²) in [6.07, 6.45) is 5.06. The highest BCUT2D eigenvalue weighted by Crippen LogP contribution is 2.22. The third-order valence-corrected chi connectivity index (χ3v) is 5.05. The lowest BCUT2D eigenvalue weighted by Gasteiger charge is -2.10. The summed E-state index contributed by atoms with van der Waals surface area (Å²) in [4.78, 5) is 28.1. The number of benzene rings is 1. The van der Waals surface area contributed by atoms with E-state index in [1.165, 1.54) is 23.0 Å². The number of primary amides is 1. The molecule has 1 aliphatic rings. The first-order valence-electron chi connectivity index (χ1n) is 10.1. The van der Waals surface area contributed by atoms with Crippen molar-refractivity contribution >= 4 is 28.7 Å². The summed E-state index contributed by atoms with van der Waals surface area (Å²) in [5.41, 5.74) is 5.57. The quantitative estimate of drug-likeness (QED) is 0.411. The van der Waals surface area contributed by atoms with Gasteiger partial charge < -0.3 is 20.5 Å². The van der Waals surface area contributed by atoms with E-state index in [-0.39, 0.29) is 39.6 Å². The van der Waals surface area contributed by atoms with Crippen LogP contribution in [0.4, 0.5) is 14.6 Å². The van der Waals surface area contributed by atoms with E-state index < -0.39 is 17.5 Å². The summed E-state index contributed by atoms with van der Waals surface area (Å²) in [6.45, 7) is 5.26. The number of carbonyl (C=O) groups is 2. The average Bonchev–Trinajstić information content (AvgIpc) is 3.55. The Labute approximate surface area is 188 Å². The first kappa shape index (κ1) is 23.5. The van der Waals surface area contributed by atoms with E-state index in [0.717, 1.165) is 25.9 Å². The normalized spacial score (nSPS) is 12.5. The van der Waals surface area contributed by atoms with Crippen LogP contribution in [0.15, 0.2) is 25.0 Å². The second-order valence-corrected chi connectivity index (χ2v) is 7.20. The summed E-state index contributed by atoms with van der Waals surface area (Å²) in [6, 6.07) is 1.33. The molecule has 1 aromatic carbocycles. The van der Waals surface area contributed by atoms with Crippen molar-refractivity contribution < 1.29 is 18.4 Å². The van der Waals surface area contributed by atoms with Crippen LogP contribution in [0.2, 0.25) is 0 Å². The highest BCUT2D eigenvalue weighted by Gasteiger charge is 2.18. The lowest BCUT2D eigenvalue weighted by Crippen LogP contribution is -2.25. The summed E-state index contributed by atoms with van der Waals surface area (Å²) in [5, 5.41) is 9.05. The molecule has 33 heavy (non-hydrogen) atoms. The molecule has 11 heteroatoms. The van der Waals surface area contributed by atoms with Gasteiger partial charge in [0, 0.05) is 27.2 Å². The fourth-order valence-electron chi connectivity index (χ4n) is 3.38. The van der Waals surface area contributed by atoms with E-state index in [9.17, 15) is 18.4 Å². The van der Waals surface area contributed by atoms with Crippen molar-refractivity contribution in [3.05, 3.63) is 53.5 Å². The predicted molar refractivity (Wildman–Crippen MR) is 119 cm³/mol. The Bertz CT molecular complexity index is 1280. The highest BCUT2D eigenvalue weighted by molar-refractivity contribution is 5.99. The molecule has 2 aromatic heterocycles. The van der Waals surface area contributed by atoms with Crippen LogP contribution in [0, 0.1) is 23.5 Å². The summed E-state index contributed by atoms with van der Waals surface area (Å²) in [5.74, 6) is 2.46. The summed E-state index contributed by atoms with van der Waals surface area (Å²) in [7, 11) is 3.12. The number of nitrogens with two attached hydrogens (primary N) is 1. The number of rotatable bonds is 3. The SMILES string of the molecule is C=CC(=O)N1CCCC1.CNc1n[nH]c(C#Cc2cc3ncn(C)c3c(F)c2F)c1C(N)=O. The zero-order valence-corrected chi connectivity index (χ0v) is 18.2. The standard InChI is InChI=1S/C15H12F2N6O.C7H11NO/c1-19-15-10(14(18)24)8(21-22-15)4-3-7-5-9-13(12(17)11(7)16)23(2)6-20-9;1-2-7(9)8-5-3-4-6-8/h5-6H,1-2H3,(H2,18,24)(H2,19,21,22);2H,1,3-6H2. The van der Waals surface area contributed by atoms with Crippen molar-refractivity contribution in [3.8, 4) is 11.8 Å². The molecule has 0 bridgehead atoms. The maximum atomic E-state index is 14.2. The van der Waals surface area contributed by atoms with Crippen LogP contribution in [-0.4, -0.2) is 56.6 Å². The number of likely N-dealkylation sites (tertiary alicyclic amines) is 1. The van der Waals surface area contributed by atoms with Crippen LogP contribution in [-0.2, 0) is 11.8 Å². The number of nitrogens with one attached hydrogen (secondary N) is 2. The van der Waals surface area contributed by atoms with Gasteiger partial charge in [-0.15, -0.1) is 0 Å². The number of anilines is 1. The Morgan fingerprint density at radius 2 is 1.97 bits per heavy atom. The Kier molecular flexibility index (Phi) is 7.07. The number of halogens is 2. The zero-order valence-electron chi connectivity index (χ0n) is 18.2. The molecule has 172 valence electrons. The number of amides is 2. The first-order valence-corrected chi connectivity index (χ1v) is 10.1. The van der Waals surface area contributed by atoms with Gasteiger partial charge in [-0.05, 0) is 30.9 Å². The zero-order chi connectivity index (χ0) is 24.1. The highest BCUT2D eigenvalue weighted by atomic mass is 19.2. The molecule has 0 saturated carbocycles. The van der Waals surface area contributed by atoms with Crippen molar-refractivity contribution in [2.75, 3.05) is 25.5 Å². The van der Waals surface area contributed by atoms with Gasteiger partial charge in [0.2, 0.25) is 5.91 Å². The van der Waals surface area contributed by atoms with Crippen molar-refractivity contribution in [1.82, 2.24) is 24.6 Å². The molecule has 2 amide bonds. The number of fused-ring (bicyclic) bond motifs is 1. The summed E-state index contributed by atoms with van der Waals surface area (Å²) >= 11 is 0. The number of hydrogen-bond acceptors (Lipinski definition) is 5. The van der Waals surface area contributed by atoms with Crippen LogP contribution in [0.1, 0.15) is 34.5 Å². The minimum atomic E-state index is -1.09. The molecule has 9 nitrogen and oxygen atoms in total. The van der Waals surface area contributed by atoms with E-state index in [2.05, 4.69) is 38.9 Å². The van der Waals surface area contributed by atoms with E-state index in [1.807, 2.05) is 4.90 Å². The van der Waals surface area contributed by atoms with Gasteiger partial charge in [0.15, 0.2) is 17.5 Å². The minimum absolute atomic E-state index is 0.0461. The predicted octanol–water partition coefficient (Wildman–Crippen LogP) is 1.91. The van der Waals surface area contributed by atoms with E-state index in [1.54, 1.807) is 14.1 Å². The van der Waals surface area contributed by atoms with Gasteiger partial charge in [-0.1, -0.05) is 12.5 Å². The van der Waals surface area contributed by atoms with E-state index in [0.29, 0.717) is 0 Å². The third kappa shape index (κ3) is 4.85. The number of aryl methyl sites for hydroxylation is 1. The number of aromatic amines is 1. The van der Waals surface area contributed by atoms with Crippen LogP contribution < -0.4 is 11.1 Å². The van der Waals surface area contributed by atoms with Gasteiger partial charge in [-0.2, -0.15) is 5.10 Å². The molecule has 1 aliphatic heterocycles. The number of hydrogen-bond donors (Lipinski definition) is 3. The molecule has 3 aromatic rings. The van der Waals surface area contributed by atoms with Crippen molar-refractivity contribution in [3.63, 3.8) is 0 Å². The van der Waals surface area contributed by atoms with Gasteiger partial charge in [-0.3, -0.25) is 14.7 Å². The Hall–Kier alpha value is -4.20. The number of aromatic nitrogens is 4. The van der Waals surface area contributed by atoms with Crippen LogP contribution >= 0.6 is 0 Å². The van der Waals surface area contributed by atoms with Gasteiger partial charge in [0.1, 0.15) is 16.8 Å². The first-order chi connectivity index (χ1) is 15.8. The molecule has 3 heterocycles. The van der Waals surface area contributed by atoms with Crippen LogP contribution in [0.3, 0.4) is 0 Å². The average molecular weight is 455 g/mol. The molecule has 0 aliphatic carbocycles.